The van der Waals surface area contributed by atoms with Gasteiger partial charge in [0.05, 0.1) is 5.75 Å². The molecule has 7 heteroatoms. The van der Waals surface area contributed by atoms with Gasteiger partial charge in [-0.15, -0.1) is 0 Å². The SMILES string of the molecule is NCc1ccccc1CS(=O)(=O)N1CCCCC1C(N)=O. The first-order chi connectivity index (χ1) is 9.95. The number of amides is 1. The van der Waals surface area contributed by atoms with Gasteiger partial charge in [-0.2, -0.15) is 4.31 Å². The van der Waals surface area contributed by atoms with Crippen LogP contribution in [0.4, 0.5) is 0 Å². The fourth-order valence-electron chi connectivity index (χ4n) is 2.70. The van der Waals surface area contributed by atoms with Crippen molar-refractivity contribution in [2.24, 2.45) is 11.5 Å². The summed E-state index contributed by atoms with van der Waals surface area (Å²) < 4.78 is 26.5. The summed E-state index contributed by atoms with van der Waals surface area (Å²) in [6, 6.07) is 6.45. The Morgan fingerprint density at radius 1 is 1.24 bits per heavy atom. The van der Waals surface area contributed by atoms with Crippen LogP contribution >= 0.6 is 0 Å². The Bertz CT molecular complexity index is 616. The van der Waals surface area contributed by atoms with Gasteiger partial charge >= 0.3 is 0 Å². The molecule has 0 spiro atoms. The molecule has 1 aromatic rings. The molecule has 6 nitrogen and oxygen atoms in total. The van der Waals surface area contributed by atoms with E-state index in [9.17, 15) is 13.2 Å². The van der Waals surface area contributed by atoms with Crippen molar-refractivity contribution >= 4 is 15.9 Å². The molecule has 1 aromatic carbocycles. The van der Waals surface area contributed by atoms with Gasteiger partial charge < -0.3 is 11.5 Å². The Kier molecular flexibility index (Phi) is 4.97. The van der Waals surface area contributed by atoms with Crippen molar-refractivity contribution in [3.63, 3.8) is 0 Å². The first kappa shape index (κ1) is 15.9. The molecule has 0 aliphatic carbocycles. The maximum atomic E-state index is 12.6. The van der Waals surface area contributed by atoms with Crippen LogP contribution in [0, 0.1) is 0 Å². The summed E-state index contributed by atoms with van der Waals surface area (Å²) in [4.78, 5) is 11.5. The average molecular weight is 311 g/mol. The van der Waals surface area contributed by atoms with Crippen LogP contribution < -0.4 is 11.5 Å². The third-order valence-corrected chi connectivity index (χ3v) is 5.64. The predicted octanol–water partition coefficient (Wildman–Crippen LogP) is 0.315. The number of carbonyl (C=O) groups excluding carboxylic acids is 1. The predicted molar refractivity (Wildman–Crippen MR) is 80.5 cm³/mol. The normalized spacial score (nSPS) is 20.3. The fraction of sp³-hybridized carbons (Fsp3) is 0.500. The fourth-order valence-corrected chi connectivity index (χ4v) is 4.54. The molecule has 1 heterocycles. The largest absolute Gasteiger partial charge is 0.368 e. The monoisotopic (exact) mass is 311 g/mol. The third kappa shape index (κ3) is 3.61. The van der Waals surface area contributed by atoms with Gasteiger partial charge in [0.25, 0.3) is 0 Å². The molecule has 0 bridgehead atoms. The van der Waals surface area contributed by atoms with Crippen LogP contribution in [0.5, 0.6) is 0 Å². The minimum atomic E-state index is -3.59. The molecule has 1 fully saturated rings. The smallest absolute Gasteiger partial charge is 0.235 e. The quantitative estimate of drug-likeness (QED) is 0.816. The zero-order valence-electron chi connectivity index (χ0n) is 11.9. The molecule has 1 atom stereocenters. The molecule has 1 saturated heterocycles. The third-order valence-electron chi connectivity index (χ3n) is 3.82. The van der Waals surface area contributed by atoms with Gasteiger partial charge in [0, 0.05) is 13.1 Å². The van der Waals surface area contributed by atoms with Gasteiger partial charge in [0.1, 0.15) is 6.04 Å². The standard InChI is InChI=1S/C14H21N3O3S/c15-9-11-5-1-2-6-12(11)10-21(19,20)17-8-4-3-7-13(17)14(16)18/h1-2,5-6,13H,3-4,7-10,15H2,(H2,16,18). The minimum absolute atomic E-state index is 0.149. The van der Waals surface area contributed by atoms with E-state index in [-0.39, 0.29) is 12.3 Å². The molecule has 116 valence electrons. The highest BCUT2D eigenvalue weighted by molar-refractivity contribution is 7.88. The van der Waals surface area contributed by atoms with Crippen LogP contribution in [-0.2, 0) is 27.1 Å². The number of hydrogen-bond acceptors (Lipinski definition) is 4. The van der Waals surface area contributed by atoms with Crippen LogP contribution in [0.1, 0.15) is 30.4 Å². The molecule has 1 aliphatic rings. The van der Waals surface area contributed by atoms with Crippen LogP contribution in [0.3, 0.4) is 0 Å². The average Bonchev–Trinajstić information content (AvgIpc) is 2.47. The Morgan fingerprint density at radius 3 is 2.52 bits per heavy atom. The van der Waals surface area contributed by atoms with Crippen molar-refractivity contribution in [1.29, 1.82) is 0 Å². The summed E-state index contributed by atoms with van der Waals surface area (Å²) in [7, 11) is -3.59. The van der Waals surface area contributed by atoms with Crippen molar-refractivity contribution in [1.82, 2.24) is 4.31 Å². The number of carbonyl (C=O) groups is 1. The number of benzene rings is 1. The highest BCUT2D eigenvalue weighted by Gasteiger charge is 2.35. The van der Waals surface area contributed by atoms with Gasteiger partial charge in [0.2, 0.25) is 15.9 Å². The van der Waals surface area contributed by atoms with Gasteiger partial charge in [-0.3, -0.25) is 4.79 Å². The lowest BCUT2D eigenvalue weighted by Gasteiger charge is -2.32. The molecule has 0 saturated carbocycles. The first-order valence-electron chi connectivity index (χ1n) is 7.01. The second kappa shape index (κ2) is 6.55. The highest BCUT2D eigenvalue weighted by atomic mass is 32.2. The van der Waals surface area contributed by atoms with Gasteiger partial charge in [0.15, 0.2) is 0 Å². The number of sulfonamides is 1. The Balaban J connectivity index is 2.26. The van der Waals surface area contributed by atoms with Crippen molar-refractivity contribution in [3.8, 4) is 0 Å². The van der Waals surface area contributed by atoms with E-state index in [4.69, 9.17) is 11.5 Å². The Morgan fingerprint density at radius 2 is 1.90 bits per heavy atom. The summed E-state index contributed by atoms with van der Waals surface area (Å²) in [5.74, 6) is -0.727. The molecule has 1 aliphatic heterocycles. The zero-order chi connectivity index (χ0) is 15.5. The molecule has 1 unspecified atom stereocenters. The van der Waals surface area contributed by atoms with E-state index in [1.807, 2.05) is 12.1 Å². The maximum Gasteiger partial charge on any atom is 0.235 e. The lowest BCUT2D eigenvalue weighted by Crippen LogP contribution is -2.50. The summed E-state index contributed by atoms with van der Waals surface area (Å²) >= 11 is 0. The summed E-state index contributed by atoms with van der Waals surface area (Å²) in [6.07, 6.45) is 2.06. The topological polar surface area (TPSA) is 106 Å². The number of rotatable bonds is 5. The molecular weight excluding hydrogens is 290 g/mol. The van der Waals surface area contributed by atoms with E-state index >= 15 is 0 Å². The summed E-state index contributed by atoms with van der Waals surface area (Å²) in [5, 5.41) is 0. The van der Waals surface area contributed by atoms with E-state index in [1.165, 1.54) is 4.31 Å². The van der Waals surface area contributed by atoms with Crippen LogP contribution in [0.25, 0.3) is 0 Å². The highest BCUT2D eigenvalue weighted by Crippen LogP contribution is 2.23. The van der Waals surface area contributed by atoms with Crippen LogP contribution in [0.2, 0.25) is 0 Å². The Labute approximate surface area is 125 Å². The van der Waals surface area contributed by atoms with E-state index < -0.39 is 22.0 Å². The minimum Gasteiger partial charge on any atom is -0.368 e. The zero-order valence-corrected chi connectivity index (χ0v) is 12.7. The molecule has 1 amide bonds. The molecule has 4 N–H and O–H groups in total. The first-order valence-corrected chi connectivity index (χ1v) is 8.62. The van der Waals surface area contributed by atoms with E-state index in [0.29, 0.717) is 18.5 Å². The van der Waals surface area contributed by atoms with E-state index in [2.05, 4.69) is 0 Å². The lowest BCUT2D eigenvalue weighted by molar-refractivity contribution is -0.122. The molecule has 0 aromatic heterocycles. The summed E-state index contributed by atoms with van der Waals surface area (Å²) in [5.41, 5.74) is 12.5. The Hall–Kier alpha value is -1.44. The van der Waals surface area contributed by atoms with E-state index in [1.54, 1.807) is 12.1 Å². The van der Waals surface area contributed by atoms with Crippen molar-refractivity contribution in [3.05, 3.63) is 35.4 Å². The van der Waals surface area contributed by atoms with Crippen LogP contribution in [0.15, 0.2) is 24.3 Å². The molecule has 21 heavy (non-hydrogen) atoms. The van der Waals surface area contributed by atoms with Gasteiger partial charge in [-0.25, -0.2) is 8.42 Å². The maximum absolute atomic E-state index is 12.6. The number of piperidine rings is 1. The number of nitrogens with zero attached hydrogens (tertiary/aromatic N) is 1. The van der Waals surface area contributed by atoms with Gasteiger partial charge in [-0.05, 0) is 24.0 Å². The molecule has 0 radical (unpaired) electrons. The number of primary amides is 1. The van der Waals surface area contributed by atoms with Gasteiger partial charge in [-0.1, -0.05) is 30.7 Å². The second-order valence-corrected chi connectivity index (χ2v) is 7.18. The van der Waals surface area contributed by atoms with Crippen LogP contribution in [-0.4, -0.2) is 31.2 Å². The summed E-state index contributed by atoms with van der Waals surface area (Å²) in [6.45, 7) is 0.631. The number of hydrogen-bond donors (Lipinski definition) is 2. The van der Waals surface area contributed by atoms with Crippen molar-refractivity contribution in [2.75, 3.05) is 6.54 Å². The number of nitrogens with two attached hydrogens (primary N) is 2. The van der Waals surface area contributed by atoms with Crippen molar-refractivity contribution in [2.45, 2.75) is 37.6 Å². The molecule has 2 rings (SSSR count). The van der Waals surface area contributed by atoms with E-state index in [0.717, 1.165) is 18.4 Å². The molecular formula is C14H21N3O3S. The second-order valence-electron chi connectivity index (χ2n) is 5.25. The van der Waals surface area contributed by atoms with Crippen molar-refractivity contribution < 1.29 is 13.2 Å². The lowest BCUT2D eigenvalue weighted by atomic mass is 10.0.